The third kappa shape index (κ3) is 1.88. The van der Waals surface area contributed by atoms with Crippen LogP contribution in [-0.2, 0) is 6.42 Å². The number of nitrogens with one attached hydrogen (secondary N) is 1. The molecular weight excluding hydrogens is 268 g/mol. The van der Waals surface area contributed by atoms with Crippen LogP contribution in [-0.4, -0.2) is 16.2 Å². The molecule has 2 N–H and O–H groups in total. The number of hydrogen-bond donors (Lipinski definition) is 2. The van der Waals surface area contributed by atoms with Crippen LogP contribution < -0.4 is 5.32 Å². The molecule has 0 unspecified atom stereocenters. The molecule has 3 aromatic rings. The number of hydrogen-bond acceptors (Lipinski definition) is 4. The predicted molar refractivity (Wildman–Crippen MR) is 82.1 cm³/mol. The minimum atomic E-state index is -0.389. The SMILES string of the molecule is O[C@@H]1Cc2ccccc2[C@@H]1Nc1nc2ccccc2s1. The summed E-state index contributed by atoms with van der Waals surface area (Å²) in [5.74, 6) is 0. The van der Waals surface area contributed by atoms with Crippen LogP contribution in [0, 0.1) is 0 Å². The Morgan fingerprint density at radius 3 is 2.80 bits per heavy atom. The van der Waals surface area contributed by atoms with Crippen molar-refractivity contribution in [2.75, 3.05) is 5.32 Å². The first-order valence-electron chi connectivity index (χ1n) is 6.69. The van der Waals surface area contributed by atoms with Crippen LogP contribution in [0.15, 0.2) is 48.5 Å². The number of nitrogens with zero attached hydrogens (tertiary/aromatic N) is 1. The Bertz CT molecular complexity index is 735. The molecule has 1 aliphatic rings. The number of thiazole rings is 1. The maximum atomic E-state index is 10.3. The third-order valence-electron chi connectivity index (χ3n) is 3.78. The van der Waals surface area contributed by atoms with Gasteiger partial charge in [0.1, 0.15) is 0 Å². The van der Waals surface area contributed by atoms with Crippen molar-refractivity contribution < 1.29 is 5.11 Å². The molecule has 1 heterocycles. The molecule has 2 atom stereocenters. The molecule has 0 aliphatic heterocycles. The number of para-hydroxylation sites is 1. The van der Waals surface area contributed by atoms with E-state index in [1.165, 1.54) is 11.1 Å². The summed E-state index contributed by atoms with van der Waals surface area (Å²) in [7, 11) is 0. The number of anilines is 1. The van der Waals surface area contributed by atoms with Crippen LogP contribution in [0.1, 0.15) is 17.2 Å². The van der Waals surface area contributed by atoms with Crippen LogP contribution in [0.4, 0.5) is 5.13 Å². The Kier molecular flexibility index (Phi) is 2.72. The van der Waals surface area contributed by atoms with E-state index in [0.717, 1.165) is 15.3 Å². The second kappa shape index (κ2) is 4.58. The highest BCUT2D eigenvalue weighted by atomic mass is 32.1. The lowest BCUT2D eigenvalue weighted by Crippen LogP contribution is -2.20. The fraction of sp³-hybridized carbons (Fsp3) is 0.188. The van der Waals surface area contributed by atoms with Crippen LogP contribution in [0.2, 0.25) is 0 Å². The molecule has 0 amide bonds. The monoisotopic (exact) mass is 282 g/mol. The van der Waals surface area contributed by atoms with Gasteiger partial charge in [0, 0.05) is 6.42 Å². The summed E-state index contributed by atoms with van der Waals surface area (Å²) in [5.41, 5.74) is 3.40. The Hall–Kier alpha value is -1.91. The van der Waals surface area contributed by atoms with Gasteiger partial charge in [0.2, 0.25) is 0 Å². The van der Waals surface area contributed by atoms with Gasteiger partial charge in [0.15, 0.2) is 5.13 Å². The summed E-state index contributed by atoms with van der Waals surface area (Å²) >= 11 is 1.63. The van der Waals surface area contributed by atoms with E-state index in [2.05, 4.69) is 28.5 Å². The molecule has 4 rings (SSSR count). The molecule has 4 heteroatoms. The predicted octanol–water partition coefficient (Wildman–Crippen LogP) is 3.37. The molecule has 0 saturated heterocycles. The van der Waals surface area contributed by atoms with Crippen LogP contribution in [0.5, 0.6) is 0 Å². The van der Waals surface area contributed by atoms with Crippen molar-refractivity contribution >= 4 is 26.7 Å². The van der Waals surface area contributed by atoms with Crippen molar-refractivity contribution in [3.63, 3.8) is 0 Å². The van der Waals surface area contributed by atoms with E-state index in [9.17, 15) is 5.11 Å². The second-order valence-corrected chi connectivity index (χ2v) is 6.11. The number of aromatic nitrogens is 1. The molecule has 1 aromatic heterocycles. The molecule has 0 spiro atoms. The minimum absolute atomic E-state index is 0.0632. The fourth-order valence-corrected chi connectivity index (χ4v) is 3.72. The summed E-state index contributed by atoms with van der Waals surface area (Å²) < 4.78 is 1.16. The van der Waals surface area contributed by atoms with Crippen LogP contribution >= 0.6 is 11.3 Å². The summed E-state index contributed by atoms with van der Waals surface area (Å²) in [6.45, 7) is 0. The van der Waals surface area contributed by atoms with Crippen molar-refractivity contribution in [1.29, 1.82) is 0 Å². The molecular formula is C16H14N2OS. The average molecular weight is 282 g/mol. The average Bonchev–Trinajstić information content (AvgIpc) is 3.00. The molecule has 2 aromatic carbocycles. The minimum Gasteiger partial charge on any atom is -0.390 e. The number of benzene rings is 2. The first-order chi connectivity index (χ1) is 9.81. The summed E-state index contributed by atoms with van der Waals surface area (Å²) in [5, 5.41) is 14.5. The summed E-state index contributed by atoms with van der Waals surface area (Å²) in [6, 6.07) is 16.2. The number of rotatable bonds is 2. The van der Waals surface area contributed by atoms with E-state index in [1.807, 2.05) is 30.3 Å². The van der Waals surface area contributed by atoms with Gasteiger partial charge in [0.25, 0.3) is 0 Å². The molecule has 100 valence electrons. The van der Waals surface area contributed by atoms with Crippen molar-refractivity contribution in [2.45, 2.75) is 18.6 Å². The topological polar surface area (TPSA) is 45.1 Å². The van der Waals surface area contributed by atoms with Gasteiger partial charge in [-0.25, -0.2) is 4.98 Å². The standard InChI is InChI=1S/C16H14N2OS/c19-13-9-10-5-1-2-6-11(10)15(13)18-16-17-12-7-3-4-8-14(12)20-16/h1-8,13,15,19H,9H2,(H,17,18)/t13-,15+/m1/s1. The first-order valence-corrected chi connectivity index (χ1v) is 7.51. The lowest BCUT2D eigenvalue weighted by Gasteiger charge is -2.16. The van der Waals surface area contributed by atoms with Crippen LogP contribution in [0.25, 0.3) is 10.2 Å². The molecule has 0 saturated carbocycles. The maximum absolute atomic E-state index is 10.3. The third-order valence-corrected chi connectivity index (χ3v) is 4.74. The molecule has 0 radical (unpaired) electrons. The quantitative estimate of drug-likeness (QED) is 0.757. The van der Waals surface area contributed by atoms with Gasteiger partial charge in [-0.3, -0.25) is 0 Å². The van der Waals surface area contributed by atoms with Gasteiger partial charge in [-0.15, -0.1) is 0 Å². The summed E-state index contributed by atoms with van der Waals surface area (Å²) in [4.78, 5) is 4.58. The van der Waals surface area contributed by atoms with Gasteiger partial charge < -0.3 is 10.4 Å². The summed E-state index contributed by atoms with van der Waals surface area (Å²) in [6.07, 6.45) is 0.318. The molecule has 1 aliphatic carbocycles. The Balaban J connectivity index is 1.68. The van der Waals surface area contributed by atoms with E-state index < -0.39 is 0 Å². The van der Waals surface area contributed by atoms with E-state index >= 15 is 0 Å². The maximum Gasteiger partial charge on any atom is 0.184 e. The molecule has 0 fully saturated rings. The molecule has 20 heavy (non-hydrogen) atoms. The van der Waals surface area contributed by atoms with Gasteiger partial charge in [-0.2, -0.15) is 0 Å². The second-order valence-electron chi connectivity index (χ2n) is 5.08. The molecule has 3 nitrogen and oxygen atoms in total. The van der Waals surface area contributed by atoms with Gasteiger partial charge in [-0.05, 0) is 23.3 Å². The Morgan fingerprint density at radius 1 is 1.10 bits per heavy atom. The highest BCUT2D eigenvalue weighted by molar-refractivity contribution is 7.22. The van der Waals surface area contributed by atoms with E-state index in [-0.39, 0.29) is 12.1 Å². The lowest BCUT2D eigenvalue weighted by atomic mass is 10.1. The smallest absolute Gasteiger partial charge is 0.184 e. The largest absolute Gasteiger partial charge is 0.390 e. The van der Waals surface area contributed by atoms with E-state index in [4.69, 9.17) is 0 Å². The van der Waals surface area contributed by atoms with Crippen molar-refractivity contribution in [3.05, 3.63) is 59.7 Å². The van der Waals surface area contributed by atoms with Gasteiger partial charge in [-0.1, -0.05) is 47.7 Å². The van der Waals surface area contributed by atoms with Crippen molar-refractivity contribution in [2.24, 2.45) is 0 Å². The van der Waals surface area contributed by atoms with Crippen LogP contribution in [0.3, 0.4) is 0 Å². The fourth-order valence-electron chi connectivity index (χ4n) is 2.81. The van der Waals surface area contributed by atoms with Gasteiger partial charge >= 0.3 is 0 Å². The zero-order valence-electron chi connectivity index (χ0n) is 10.8. The first kappa shape index (κ1) is 11.9. The number of aliphatic hydroxyl groups is 1. The highest BCUT2D eigenvalue weighted by Gasteiger charge is 2.31. The lowest BCUT2D eigenvalue weighted by molar-refractivity contribution is 0.166. The molecule has 0 bridgehead atoms. The van der Waals surface area contributed by atoms with Gasteiger partial charge in [0.05, 0.1) is 22.4 Å². The number of fused-ring (bicyclic) bond motifs is 2. The van der Waals surface area contributed by atoms with Crippen molar-refractivity contribution in [3.8, 4) is 0 Å². The number of aliphatic hydroxyl groups excluding tert-OH is 1. The Morgan fingerprint density at radius 2 is 1.90 bits per heavy atom. The zero-order chi connectivity index (χ0) is 13.5. The highest BCUT2D eigenvalue weighted by Crippen LogP contribution is 2.36. The van der Waals surface area contributed by atoms with E-state index in [1.54, 1.807) is 11.3 Å². The zero-order valence-corrected chi connectivity index (χ0v) is 11.6. The van der Waals surface area contributed by atoms with E-state index in [0.29, 0.717) is 6.42 Å². The Labute approximate surface area is 120 Å². The normalized spacial score (nSPS) is 21.1. The van der Waals surface area contributed by atoms with Crippen molar-refractivity contribution in [1.82, 2.24) is 4.98 Å².